The second-order valence-electron chi connectivity index (χ2n) is 1.46. The van der Waals surface area contributed by atoms with Crippen LogP contribution in [0.2, 0.25) is 0 Å². The minimum absolute atomic E-state index is 0. The molecule has 9 heavy (non-hydrogen) atoms. The quantitative estimate of drug-likeness (QED) is 0.469. The van der Waals surface area contributed by atoms with Crippen LogP contribution >= 0.6 is 0 Å². The molecule has 3 nitrogen and oxygen atoms in total. The number of hydrogen-bond donors (Lipinski definition) is 0. The maximum atomic E-state index is 4.75. The predicted molar refractivity (Wildman–Crippen MR) is 35.7 cm³/mol. The number of rotatable bonds is 1. The third kappa shape index (κ3) is 2.13. The number of nitrogens with zero attached hydrogens (tertiary/aromatic N) is 2. The van der Waals surface area contributed by atoms with Gasteiger partial charge < -0.3 is 4.74 Å². The van der Waals surface area contributed by atoms with Crippen molar-refractivity contribution in [3.05, 3.63) is 12.3 Å². The second kappa shape index (κ2) is 3.60. The van der Waals surface area contributed by atoms with Gasteiger partial charge >= 0.3 is 18.9 Å². The Morgan fingerprint density at radius 1 is 1.78 bits per heavy atom. The summed E-state index contributed by atoms with van der Waals surface area (Å²) in [7, 11) is 3.39. The fraction of sp³-hybridized carbons (Fsp3) is 0.400. The van der Waals surface area contributed by atoms with E-state index in [9.17, 15) is 0 Å². The van der Waals surface area contributed by atoms with Gasteiger partial charge in [0.25, 0.3) is 0 Å². The summed E-state index contributed by atoms with van der Waals surface area (Å²) in [5, 5.41) is 3.87. The summed E-state index contributed by atoms with van der Waals surface area (Å²) in [5.74, 6) is 0.535. The van der Waals surface area contributed by atoms with Crippen molar-refractivity contribution in [1.82, 2.24) is 9.78 Å². The molecular weight excluding hydrogens is 111 g/mol. The van der Waals surface area contributed by atoms with E-state index in [-0.39, 0.29) is 18.9 Å². The Morgan fingerprint density at radius 2 is 2.44 bits per heavy atom. The molecule has 0 aromatic carbocycles. The van der Waals surface area contributed by atoms with Crippen LogP contribution in [-0.2, 0) is 7.05 Å². The monoisotopic (exact) mass is 119 g/mol. The molecule has 0 saturated carbocycles. The molecule has 0 N–H and O–H groups in total. The normalized spacial score (nSPS) is 8.22. The van der Waals surface area contributed by atoms with Crippen LogP contribution in [0.4, 0.5) is 0 Å². The maximum absolute atomic E-state index is 4.75. The van der Waals surface area contributed by atoms with Crippen LogP contribution < -0.4 is 4.74 Å². The van der Waals surface area contributed by atoms with Gasteiger partial charge in [-0.3, -0.25) is 4.68 Å². The first-order chi connectivity index (χ1) is 3.83. The van der Waals surface area contributed by atoms with Gasteiger partial charge in [0.05, 0.1) is 13.2 Å². The standard InChI is InChI=1S/C5H7N2O.Li.H/c1-7-4-3-5(6-7)8-2;;/h4H,1-2H3;;. The summed E-state index contributed by atoms with van der Waals surface area (Å²) in [6, 6.07) is 2.78. The van der Waals surface area contributed by atoms with E-state index in [0.29, 0.717) is 5.88 Å². The third-order valence-corrected chi connectivity index (χ3v) is 0.817. The van der Waals surface area contributed by atoms with Gasteiger partial charge in [-0.2, -0.15) is 0 Å². The predicted octanol–water partition coefficient (Wildman–Crippen LogP) is -0.420. The number of aryl methyl sites for hydroxylation is 1. The number of methoxy groups -OCH3 is 1. The third-order valence-electron chi connectivity index (χ3n) is 0.817. The van der Waals surface area contributed by atoms with Crippen molar-refractivity contribution in [2.75, 3.05) is 7.11 Å². The van der Waals surface area contributed by atoms with Gasteiger partial charge in [-0.1, -0.05) is 0 Å². The van der Waals surface area contributed by atoms with E-state index in [4.69, 9.17) is 4.74 Å². The Morgan fingerprint density at radius 3 is 2.67 bits per heavy atom. The molecule has 0 spiro atoms. The van der Waals surface area contributed by atoms with Crippen LogP contribution in [-0.4, -0.2) is 35.8 Å². The Labute approximate surface area is 66.2 Å². The van der Waals surface area contributed by atoms with Crippen LogP contribution in [0, 0.1) is 6.07 Å². The van der Waals surface area contributed by atoms with Crippen LogP contribution in [0.5, 0.6) is 5.88 Å². The first kappa shape index (κ1) is 8.61. The summed E-state index contributed by atoms with van der Waals surface area (Å²) in [6.45, 7) is 0. The molecule has 0 aliphatic carbocycles. The van der Waals surface area contributed by atoms with Gasteiger partial charge in [0.15, 0.2) is 0 Å². The molecule has 0 aliphatic heterocycles. The van der Waals surface area contributed by atoms with Crippen LogP contribution in [0.1, 0.15) is 0 Å². The molecule has 4 heteroatoms. The summed E-state index contributed by atoms with van der Waals surface area (Å²) < 4.78 is 6.39. The second-order valence-corrected chi connectivity index (χ2v) is 1.46. The van der Waals surface area contributed by atoms with Crippen molar-refractivity contribution in [2.24, 2.45) is 7.05 Å². The van der Waals surface area contributed by atoms with E-state index in [1.807, 2.05) is 7.05 Å². The van der Waals surface area contributed by atoms with Gasteiger partial charge in [-0.25, -0.2) is 0 Å². The van der Waals surface area contributed by atoms with Crippen molar-refractivity contribution in [3.8, 4) is 5.88 Å². The SMILES string of the molecule is COc1[c]cn(C)n1.[LiH]. The van der Waals surface area contributed by atoms with Gasteiger partial charge in [0, 0.05) is 13.2 Å². The molecule has 0 bridgehead atoms. The molecular formula is C5H8LiN2O. The van der Waals surface area contributed by atoms with Gasteiger partial charge in [0.1, 0.15) is 0 Å². The summed E-state index contributed by atoms with van der Waals surface area (Å²) in [5.41, 5.74) is 0. The van der Waals surface area contributed by atoms with Crippen LogP contribution in [0.3, 0.4) is 0 Å². The number of hydrogen-bond acceptors (Lipinski definition) is 2. The summed E-state index contributed by atoms with van der Waals surface area (Å²) in [6.07, 6.45) is 1.71. The minimum atomic E-state index is 0. The zero-order valence-electron chi connectivity index (χ0n) is 4.88. The first-order valence-corrected chi connectivity index (χ1v) is 2.28. The fourth-order valence-electron chi connectivity index (χ4n) is 0.449. The molecule has 0 unspecified atom stereocenters. The van der Waals surface area contributed by atoms with Crippen LogP contribution in [0.25, 0.3) is 0 Å². The molecule has 45 valence electrons. The molecule has 0 saturated heterocycles. The molecule has 1 rings (SSSR count). The van der Waals surface area contributed by atoms with E-state index in [0.717, 1.165) is 0 Å². The van der Waals surface area contributed by atoms with E-state index in [2.05, 4.69) is 11.2 Å². The molecule has 0 amide bonds. The van der Waals surface area contributed by atoms with Gasteiger partial charge in [0.2, 0.25) is 5.88 Å². The molecule has 1 aromatic rings. The topological polar surface area (TPSA) is 27.1 Å². The summed E-state index contributed by atoms with van der Waals surface area (Å²) >= 11 is 0. The van der Waals surface area contributed by atoms with Crippen molar-refractivity contribution >= 4 is 18.9 Å². The Kier molecular flexibility index (Phi) is 3.44. The van der Waals surface area contributed by atoms with E-state index < -0.39 is 0 Å². The van der Waals surface area contributed by atoms with Gasteiger partial charge in [-0.05, 0) is 0 Å². The van der Waals surface area contributed by atoms with Crippen molar-refractivity contribution in [2.45, 2.75) is 0 Å². The zero-order valence-corrected chi connectivity index (χ0v) is 4.88. The Bertz CT molecular complexity index is 175. The summed E-state index contributed by atoms with van der Waals surface area (Å²) in [4.78, 5) is 0. The zero-order chi connectivity index (χ0) is 5.98. The van der Waals surface area contributed by atoms with Crippen LogP contribution in [0.15, 0.2) is 6.20 Å². The van der Waals surface area contributed by atoms with E-state index in [1.165, 1.54) is 0 Å². The van der Waals surface area contributed by atoms with Crippen molar-refractivity contribution in [3.63, 3.8) is 0 Å². The van der Waals surface area contributed by atoms with Crippen molar-refractivity contribution in [1.29, 1.82) is 0 Å². The van der Waals surface area contributed by atoms with Crippen molar-refractivity contribution < 1.29 is 4.74 Å². The number of aromatic nitrogens is 2. The molecule has 0 atom stereocenters. The Balaban J connectivity index is 0.000000640. The average Bonchev–Trinajstić information content (AvgIpc) is 2.14. The molecule has 1 radical (unpaired) electrons. The van der Waals surface area contributed by atoms with Gasteiger partial charge in [-0.15, -0.1) is 5.10 Å². The fourth-order valence-corrected chi connectivity index (χ4v) is 0.449. The van der Waals surface area contributed by atoms with E-state index in [1.54, 1.807) is 18.0 Å². The molecule has 0 aliphatic rings. The Hall–Kier alpha value is -0.393. The molecule has 1 heterocycles. The average molecular weight is 119 g/mol. The molecule has 0 fully saturated rings. The van der Waals surface area contributed by atoms with E-state index >= 15 is 0 Å². The number of ether oxygens (including phenoxy) is 1. The molecule has 1 aromatic heterocycles. The first-order valence-electron chi connectivity index (χ1n) is 2.28.